The summed E-state index contributed by atoms with van der Waals surface area (Å²) in [6.07, 6.45) is 2.31. The van der Waals surface area contributed by atoms with Crippen LogP contribution in [0.2, 0.25) is 0 Å². The molecule has 1 heterocycles. The summed E-state index contributed by atoms with van der Waals surface area (Å²) in [5.41, 5.74) is 1.60. The Balaban J connectivity index is 2.25. The molecule has 1 aliphatic heterocycles. The molecular weight excluding hydrogens is 148 g/mol. The molecule has 70 valence electrons. The van der Waals surface area contributed by atoms with E-state index in [1.54, 1.807) is 0 Å². The molecule has 2 heteroatoms. The van der Waals surface area contributed by atoms with Gasteiger partial charge in [-0.05, 0) is 26.3 Å². The van der Waals surface area contributed by atoms with Gasteiger partial charge in [0.1, 0.15) is 0 Å². The van der Waals surface area contributed by atoms with Crippen molar-refractivity contribution in [1.29, 1.82) is 0 Å². The van der Waals surface area contributed by atoms with E-state index in [2.05, 4.69) is 31.1 Å². The Morgan fingerprint density at radius 2 is 2.42 bits per heavy atom. The van der Waals surface area contributed by atoms with Crippen LogP contribution in [-0.2, 0) is 0 Å². The maximum atomic E-state index is 3.98. The summed E-state index contributed by atoms with van der Waals surface area (Å²) in [6, 6.07) is 0. The third kappa shape index (κ3) is 2.61. The molecule has 0 aromatic carbocycles. The van der Waals surface area contributed by atoms with Crippen LogP contribution in [-0.4, -0.2) is 25.2 Å². The normalized spacial score (nSPS) is 29.2. The van der Waals surface area contributed by atoms with Gasteiger partial charge in [-0.2, -0.15) is 0 Å². The van der Waals surface area contributed by atoms with E-state index in [4.69, 9.17) is 0 Å². The highest BCUT2D eigenvalue weighted by molar-refractivity contribution is 5.00. The van der Waals surface area contributed by atoms with E-state index >= 15 is 0 Å². The van der Waals surface area contributed by atoms with Gasteiger partial charge in [-0.25, -0.2) is 0 Å². The van der Waals surface area contributed by atoms with E-state index in [1.165, 1.54) is 12.0 Å². The second-order valence-electron chi connectivity index (χ2n) is 3.94. The molecule has 0 aromatic heterocycles. The average Bonchev–Trinajstić information content (AvgIpc) is 2.49. The molecule has 12 heavy (non-hydrogen) atoms. The number of hydrogen-bond acceptors (Lipinski definition) is 2. The van der Waals surface area contributed by atoms with E-state index in [9.17, 15) is 0 Å². The molecule has 0 bridgehead atoms. The molecule has 1 aliphatic rings. The van der Waals surface area contributed by atoms with Crippen molar-refractivity contribution in [3.8, 4) is 0 Å². The second-order valence-corrected chi connectivity index (χ2v) is 3.94. The summed E-state index contributed by atoms with van der Waals surface area (Å²) < 4.78 is 0. The van der Waals surface area contributed by atoms with Crippen LogP contribution in [0.4, 0.5) is 0 Å². The van der Waals surface area contributed by atoms with Crippen molar-refractivity contribution >= 4 is 0 Å². The first-order valence-electron chi connectivity index (χ1n) is 4.79. The Bertz CT molecular complexity index is 157. The minimum atomic E-state index is 0.304. The minimum absolute atomic E-state index is 0.304. The van der Waals surface area contributed by atoms with Crippen molar-refractivity contribution in [3.05, 3.63) is 12.2 Å². The summed E-state index contributed by atoms with van der Waals surface area (Å²) in [5, 5.41) is 6.91. The summed E-state index contributed by atoms with van der Waals surface area (Å²) in [4.78, 5) is 0. The van der Waals surface area contributed by atoms with Gasteiger partial charge in [0.25, 0.3) is 0 Å². The van der Waals surface area contributed by atoms with Crippen molar-refractivity contribution < 1.29 is 0 Å². The number of hydrogen-bond donors (Lipinski definition) is 2. The van der Waals surface area contributed by atoms with Gasteiger partial charge >= 0.3 is 0 Å². The van der Waals surface area contributed by atoms with Gasteiger partial charge in [0, 0.05) is 18.6 Å². The molecule has 1 atom stereocenters. The lowest BCUT2D eigenvalue weighted by molar-refractivity contribution is 0.402. The zero-order chi connectivity index (χ0) is 9.03. The van der Waals surface area contributed by atoms with Crippen molar-refractivity contribution in [2.24, 2.45) is 0 Å². The Morgan fingerprint density at radius 3 is 2.92 bits per heavy atom. The topological polar surface area (TPSA) is 24.1 Å². The van der Waals surface area contributed by atoms with Crippen molar-refractivity contribution in [3.63, 3.8) is 0 Å². The molecule has 0 spiro atoms. The molecule has 0 aromatic rings. The third-order valence-corrected chi connectivity index (χ3v) is 2.63. The Kier molecular flexibility index (Phi) is 3.29. The lowest BCUT2D eigenvalue weighted by atomic mass is 10.0. The maximum absolute atomic E-state index is 3.98. The summed E-state index contributed by atoms with van der Waals surface area (Å²) >= 11 is 0. The van der Waals surface area contributed by atoms with Crippen LogP contribution in [0.25, 0.3) is 0 Å². The highest BCUT2D eigenvalue weighted by Crippen LogP contribution is 2.13. The summed E-state index contributed by atoms with van der Waals surface area (Å²) in [5.74, 6) is 0. The lowest BCUT2D eigenvalue weighted by Crippen LogP contribution is -2.44. The van der Waals surface area contributed by atoms with E-state index < -0.39 is 0 Å². The largest absolute Gasteiger partial charge is 0.315 e. The molecule has 0 amide bonds. The van der Waals surface area contributed by atoms with Gasteiger partial charge in [0.15, 0.2) is 0 Å². The van der Waals surface area contributed by atoms with Gasteiger partial charge < -0.3 is 10.6 Å². The third-order valence-electron chi connectivity index (χ3n) is 2.63. The average molecular weight is 168 g/mol. The molecule has 2 nitrogen and oxygen atoms in total. The highest BCUT2D eigenvalue weighted by atomic mass is 15.1. The molecule has 1 rings (SSSR count). The minimum Gasteiger partial charge on any atom is -0.315 e. The van der Waals surface area contributed by atoms with Gasteiger partial charge in [0.05, 0.1) is 0 Å². The summed E-state index contributed by atoms with van der Waals surface area (Å²) in [6.45, 7) is 11.6. The van der Waals surface area contributed by atoms with Crippen LogP contribution >= 0.6 is 0 Å². The summed E-state index contributed by atoms with van der Waals surface area (Å²) in [7, 11) is 0. The predicted octanol–water partition coefficient (Wildman–Crippen LogP) is 1.29. The van der Waals surface area contributed by atoms with Crippen molar-refractivity contribution in [1.82, 2.24) is 10.6 Å². The van der Waals surface area contributed by atoms with Gasteiger partial charge in [-0.1, -0.05) is 19.1 Å². The van der Waals surface area contributed by atoms with Crippen molar-refractivity contribution in [2.45, 2.75) is 32.2 Å². The number of rotatable bonds is 4. The zero-order valence-electron chi connectivity index (χ0n) is 8.24. The van der Waals surface area contributed by atoms with Crippen LogP contribution < -0.4 is 10.6 Å². The van der Waals surface area contributed by atoms with Crippen LogP contribution in [0, 0.1) is 0 Å². The lowest BCUT2D eigenvalue weighted by Gasteiger charge is -2.24. The Morgan fingerprint density at radius 1 is 1.67 bits per heavy atom. The Labute approximate surface area is 75.4 Å². The fraction of sp³-hybridized carbons (Fsp3) is 0.800. The van der Waals surface area contributed by atoms with Crippen LogP contribution in [0.3, 0.4) is 0 Å². The van der Waals surface area contributed by atoms with E-state index in [-0.39, 0.29) is 0 Å². The molecule has 1 saturated heterocycles. The van der Waals surface area contributed by atoms with E-state index in [0.29, 0.717) is 5.54 Å². The second kappa shape index (κ2) is 4.06. The maximum Gasteiger partial charge on any atom is 0.0292 e. The Hall–Kier alpha value is -0.340. The molecule has 0 aliphatic carbocycles. The van der Waals surface area contributed by atoms with Crippen LogP contribution in [0.1, 0.15) is 26.7 Å². The molecule has 0 saturated carbocycles. The van der Waals surface area contributed by atoms with Crippen LogP contribution in [0.5, 0.6) is 0 Å². The quantitative estimate of drug-likeness (QED) is 0.618. The van der Waals surface area contributed by atoms with Gasteiger partial charge in [-0.3, -0.25) is 0 Å². The first-order chi connectivity index (χ1) is 5.66. The molecule has 0 radical (unpaired) electrons. The van der Waals surface area contributed by atoms with Gasteiger partial charge in [-0.15, -0.1) is 0 Å². The molecule has 1 fully saturated rings. The predicted molar refractivity (Wildman–Crippen MR) is 53.3 cm³/mol. The fourth-order valence-electron chi connectivity index (χ4n) is 1.43. The smallest absolute Gasteiger partial charge is 0.0292 e. The van der Waals surface area contributed by atoms with E-state index in [1.807, 2.05) is 0 Å². The molecular formula is C10H20N2. The first kappa shape index (κ1) is 9.75. The first-order valence-corrected chi connectivity index (χ1v) is 4.79. The van der Waals surface area contributed by atoms with Crippen LogP contribution in [0.15, 0.2) is 12.2 Å². The monoisotopic (exact) mass is 168 g/mol. The number of nitrogens with one attached hydrogen (secondary N) is 2. The standard InChI is InChI=1S/C10H20N2/c1-4-9(2)7-12-10(3)5-6-11-8-10/h11-12H,2,4-8H2,1,3H3. The highest BCUT2D eigenvalue weighted by Gasteiger charge is 2.27. The molecule has 2 N–H and O–H groups in total. The van der Waals surface area contributed by atoms with Gasteiger partial charge in [0.2, 0.25) is 0 Å². The fourth-order valence-corrected chi connectivity index (χ4v) is 1.43. The molecule has 1 unspecified atom stereocenters. The van der Waals surface area contributed by atoms with Crippen molar-refractivity contribution in [2.75, 3.05) is 19.6 Å². The SMILES string of the molecule is C=C(CC)CNC1(C)CCNC1. The zero-order valence-corrected chi connectivity index (χ0v) is 8.24. The van der Waals surface area contributed by atoms with E-state index in [0.717, 1.165) is 26.1 Å².